The highest BCUT2D eigenvalue weighted by molar-refractivity contribution is 7.77. The van der Waals surface area contributed by atoms with E-state index in [0.717, 1.165) is 12.5 Å². The van der Waals surface area contributed by atoms with Gasteiger partial charge in [-0.15, -0.1) is 0 Å². The van der Waals surface area contributed by atoms with Gasteiger partial charge in [0.2, 0.25) is 0 Å². The Morgan fingerprint density at radius 2 is 2.30 bits per heavy atom. The molecule has 1 saturated carbocycles. The summed E-state index contributed by atoms with van der Waals surface area (Å²) in [7, 11) is 0. The Morgan fingerprint density at radius 3 is 2.80 bits per heavy atom. The predicted molar refractivity (Wildman–Crippen MR) is 47.8 cm³/mol. The molecule has 0 aromatic carbocycles. The molecule has 1 aliphatic carbocycles. The molecule has 0 radical (unpaired) electrons. The molecule has 0 aliphatic heterocycles. The lowest BCUT2D eigenvalue weighted by atomic mass is 10.2. The molecule has 0 aromatic heterocycles. The molecule has 1 fully saturated rings. The lowest BCUT2D eigenvalue weighted by Crippen LogP contribution is -2.04. The van der Waals surface area contributed by atoms with Gasteiger partial charge in [-0.1, -0.05) is 32.2 Å². The second kappa shape index (κ2) is 3.91. The normalized spacial score (nSPS) is 16.9. The van der Waals surface area contributed by atoms with E-state index < -0.39 is 0 Å². The topological polar surface area (TPSA) is 3.24 Å². The van der Waals surface area contributed by atoms with Crippen LogP contribution in [0.15, 0.2) is 12.8 Å². The molecule has 1 rings (SSSR count). The molecule has 58 valence electrons. The molecule has 0 saturated heterocycles. The molecule has 0 N–H and O–H groups in total. The average Bonchev–Trinajstić information content (AvgIpc) is 2.71. The van der Waals surface area contributed by atoms with Crippen molar-refractivity contribution in [2.75, 3.05) is 6.54 Å². The summed E-state index contributed by atoms with van der Waals surface area (Å²) >= 11 is 4.17. The van der Waals surface area contributed by atoms with E-state index >= 15 is 0 Å². The van der Waals surface area contributed by atoms with Crippen molar-refractivity contribution in [2.45, 2.75) is 25.7 Å². The van der Waals surface area contributed by atoms with Crippen molar-refractivity contribution in [3.8, 4) is 0 Å². The second-order valence-electron chi connectivity index (χ2n) is 2.93. The Bertz CT molecular complexity index is 110. The highest BCUT2D eigenvalue weighted by Gasteiger charge is 2.19. The van der Waals surface area contributed by atoms with E-state index in [1.54, 1.807) is 6.20 Å². The quantitative estimate of drug-likeness (QED) is 0.600. The van der Waals surface area contributed by atoms with Crippen LogP contribution < -0.4 is 0 Å². The van der Waals surface area contributed by atoms with E-state index in [1.165, 1.54) is 25.7 Å². The largest absolute Gasteiger partial charge is 0.326 e. The monoisotopic (exact) mass is 157 g/mol. The SMILES string of the molecule is C=CN(S)CCCC1CC1. The maximum Gasteiger partial charge on any atom is 0.0286 e. The fourth-order valence-electron chi connectivity index (χ4n) is 1.04. The van der Waals surface area contributed by atoms with Crippen LogP contribution in [0.25, 0.3) is 0 Å². The van der Waals surface area contributed by atoms with E-state index in [1.807, 2.05) is 4.31 Å². The second-order valence-corrected chi connectivity index (χ2v) is 3.45. The standard InChI is InChI=1S/C8H15NS/c1-2-9(10)7-3-4-8-5-6-8/h2,8,10H,1,3-7H2. The molecule has 0 aromatic rings. The van der Waals surface area contributed by atoms with Crippen molar-refractivity contribution >= 4 is 12.8 Å². The van der Waals surface area contributed by atoms with Gasteiger partial charge in [0.1, 0.15) is 0 Å². The molecule has 0 amide bonds. The molecule has 0 spiro atoms. The van der Waals surface area contributed by atoms with Crippen LogP contribution in [0.3, 0.4) is 0 Å². The third-order valence-electron chi connectivity index (χ3n) is 1.91. The van der Waals surface area contributed by atoms with E-state index in [9.17, 15) is 0 Å². The summed E-state index contributed by atoms with van der Waals surface area (Å²) in [5, 5.41) is 0. The van der Waals surface area contributed by atoms with Crippen LogP contribution in [0.1, 0.15) is 25.7 Å². The molecule has 10 heavy (non-hydrogen) atoms. The Morgan fingerprint density at radius 1 is 1.60 bits per heavy atom. The van der Waals surface area contributed by atoms with Crippen molar-refractivity contribution in [3.63, 3.8) is 0 Å². The summed E-state index contributed by atoms with van der Waals surface area (Å²) in [6.07, 6.45) is 7.32. The first kappa shape index (κ1) is 7.99. The Labute approximate surface area is 68.6 Å². The summed E-state index contributed by atoms with van der Waals surface area (Å²) in [6.45, 7) is 4.67. The van der Waals surface area contributed by atoms with Gasteiger partial charge < -0.3 is 4.31 Å². The van der Waals surface area contributed by atoms with Crippen LogP contribution in [0.4, 0.5) is 0 Å². The van der Waals surface area contributed by atoms with Crippen LogP contribution >= 0.6 is 12.8 Å². The number of rotatable bonds is 5. The maximum absolute atomic E-state index is 4.17. The molecule has 1 nitrogen and oxygen atoms in total. The van der Waals surface area contributed by atoms with Gasteiger partial charge in [-0.2, -0.15) is 0 Å². The smallest absolute Gasteiger partial charge is 0.0286 e. The van der Waals surface area contributed by atoms with Crippen LogP contribution in [-0.4, -0.2) is 10.8 Å². The van der Waals surface area contributed by atoms with Crippen LogP contribution in [0, 0.1) is 5.92 Å². The average molecular weight is 157 g/mol. The zero-order valence-corrected chi connectivity index (χ0v) is 7.19. The van der Waals surface area contributed by atoms with Gasteiger partial charge in [0, 0.05) is 12.7 Å². The van der Waals surface area contributed by atoms with E-state index in [0.29, 0.717) is 0 Å². The van der Waals surface area contributed by atoms with Gasteiger partial charge in [-0.25, -0.2) is 0 Å². The predicted octanol–water partition coefficient (Wildman–Crippen LogP) is 2.47. The number of nitrogens with zero attached hydrogens (tertiary/aromatic N) is 1. The highest BCUT2D eigenvalue weighted by atomic mass is 32.1. The lowest BCUT2D eigenvalue weighted by Gasteiger charge is -2.09. The van der Waals surface area contributed by atoms with Crippen molar-refractivity contribution < 1.29 is 0 Å². The number of hydrogen-bond acceptors (Lipinski definition) is 2. The summed E-state index contributed by atoms with van der Waals surface area (Å²) in [4.78, 5) is 0. The fraction of sp³-hybridized carbons (Fsp3) is 0.750. The third-order valence-corrected chi connectivity index (χ3v) is 2.27. The van der Waals surface area contributed by atoms with Crippen molar-refractivity contribution in [2.24, 2.45) is 5.92 Å². The van der Waals surface area contributed by atoms with Gasteiger partial charge in [-0.05, 0) is 18.8 Å². The lowest BCUT2D eigenvalue weighted by molar-refractivity contribution is 0.550. The third kappa shape index (κ3) is 3.16. The van der Waals surface area contributed by atoms with Gasteiger partial charge >= 0.3 is 0 Å². The van der Waals surface area contributed by atoms with E-state index in [-0.39, 0.29) is 0 Å². The summed E-state index contributed by atoms with van der Waals surface area (Å²) in [6, 6.07) is 0. The molecule has 0 heterocycles. The maximum atomic E-state index is 4.17. The van der Waals surface area contributed by atoms with E-state index in [4.69, 9.17) is 0 Å². The molecule has 2 heteroatoms. The minimum absolute atomic E-state index is 1.04. The van der Waals surface area contributed by atoms with Crippen LogP contribution in [0.5, 0.6) is 0 Å². The Kier molecular flexibility index (Phi) is 3.13. The molecule has 0 bridgehead atoms. The van der Waals surface area contributed by atoms with Gasteiger partial charge in [0.25, 0.3) is 0 Å². The minimum Gasteiger partial charge on any atom is -0.326 e. The first-order chi connectivity index (χ1) is 4.83. The molecule has 1 aliphatic rings. The van der Waals surface area contributed by atoms with Gasteiger partial charge in [0.15, 0.2) is 0 Å². The molecule has 0 unspecified atom stereocenters. The summed E-state index contributed by atoms with van der Waals surface area (Å²) in [5.41, 5.74) is 0. The highest BCUT2D eigenvalue weighted by Crippen LogP contribution is 2.33. The Balaban J connectivity index is 1.88. The van der Waals surface area contributed by atoms with Crippen molar-refractivity contribution in [1.29, 1.82) is 0 Å². The van der Waals surface area contributed by atoms with Gasteiger partial charge in [-0.3, -0.25) is 0 Å². The Hall–Kier alpha value is -0.110. The van der Waals surface area contributed by atoms with Gasteiger partial charge in [0.05, 0.1) is 0 Å². The van der Waals surface area contributed by atoms with E-state index in [2.05, 4.69) is 19.4 Å². The van der Waals surface area contributed by atoms with Crippen LogP contribution in [-0.2, 0) is 0 Å². The van der Waals surface area contributed by atoms with Crippen molar-refractivity contribution in [3.05, 3.63) is 12.8 Å². The molecular formula is C8H15NS. The number of thiol groups is 1. The van der Waals surface area contributed by atoms with Crippen LogP contribution in [0.2, 0.25) is 0 Å². The number of hydrogen-bond donors (Lipinski definition) is 1. The zero-order valence-electron chi connectivity index (χ0n) is 6.29. The fourth-order valence-corrected chi connectivity index (χ4v) is 1.18. The first-order valence-electron chi connectivity index (χ1n) is 3.91. The molecule has 0 atom stereocenters. The minimum atomic E-state index is 1.04. The summed E-state index contributed by atoms with van der Waals surface area (Å²) in [5.74, 6) is 1.05. The van der Waals surface area contributed by atoms with Crippen molar-refractivity contribution in [1.82, 2.24) is 4.31 Å². The summed E-state index contributed by atoms with van der Waals surface area (Å²) < 4.78 is 1.85. The molecular weight excluding hydrogens is 142 g/mol. The first-order valence-corrected chi connectivity index (χ1v) is 4.31. The zero-order chi connectivity index (χ0) is 7.40.